The second-order valence-electron chi connectivity index (χ2n) is 4.78. The van der Waals surface area contributed by atoms with Gasteiger partial charge >= 0.3 is 0 Å². The Hall–Kier alpha value is -0.940. The number of hydrogen-bond acceptors (Lipinski definition) is 4. The summed E-state index contributed by atoms with van der Waals surface area (Å²) in [7, 11) is -2.05. The van der Waals surface area contributed by atoms with Crippen molar-refractivity contribution in [3.63, 3.8) is 0 Å². The van der Waals surface area contributed by atoms with E-state index in [1.807, 2.05) is 6.92 Å². The minimum Gasteiger partial charge on any atom is -0.385 e. The highest BCUT2D eigenvalue weighted by Gasteiger charge is 2.18. The number of rotatable bonds is 9. The lowest BCUT2D eigenvalue weighted by Gasteiger charge is -2.11. The van der Waals surface area contributed by atoms with Crippen LogP contribution in [0, 0.1) is 5.82 Å². The average molecular weight is 473 g/mol. The highest BCUT2D eigenvalue weighted by Crippen LogP contribution is 2.14. The van der Waals surface area contributed by atoms with Crippen LogP contribution in [0.4, 0.5) is 4.39 Å². The molecule has 0 aliphatic carbocycles. The molecule has 0 amide bonds. The maximum Gasteiger partial charge on any atom is 0.191 e. The van der Waals surface area contributed by atoms with E-state index in [0.717, 1.165) is 12.5 Å². The van der Waals surface area contributed by atoms with Crippen molar-refractivity contribution in [2.45, 2.75) is 18.2 Å². The molecule has 0 bridgehead atoms. The van der Waals surface area contributed by atoms with Gasteiger partial charge in [-0.1, -0.05) is 12.1 Å². The molecule has 24 heavy (non-hydrogen) atoms. The zero-order valence-corrected chi connectivity index (χ0v) is 17.1. The molecule has 6 nitrogen and oxygen atoms in total. The van der Waals surface area contributed by atoms with Crippen molar-refractivity contribution in [1.29, 1.82) is 0 Å². The number of sulfone groups is 1. The summed E-state index contributed by atoms with van der Waals surface area (Å²) in [5, 5.41) is 5.97. The third kappa shape index (κ3) is 8.25. The minimum absolute atomic E-state index is 0. The third-order valence-corrected chi connectivity index (χ3v) is 4.70. The molecule has 0 aliphatic heterocycles. The number of nitrogens with zero attached hydrogens (tertiary/aromatic N) is 1. The van der Waals surface area contributed by atoms with Crippen molar-refractivity contribution < 1.29 is 17.5 Å². The molecule has 0 radical (unpaired) electrons. The first kappa shape index (κ1) is 23.1. The first-order chi connectivity index (χ1) is 11.0. The first-order valence-electron chi connectivity index (χ1n) is 7.49. The number of ether oxygens (including phenoxy) is 1. The molecule has 138 valence electrons. The van der Waals surface area contributed by atoms with Crippen LogP contribution in [0.25, 0.3) is 0 Å². The van der Waals surface area contributed by atoms with Crippen LogP contribution in [-0.2, 0) is 14.6 Å². The molecule has 0 saturated heterocycles. The van der Waals surface area contributed by atoms with Crippen molar-refractivity contribution in [1.82, 2.24) is 10.6 Å². The molecular weight excluding hydrogens is 448 g/mol. The number of guanidine groups is 1. The van der Waals surface area contributed by atoms with Crippen LogP contribution < -0.4 is 10.6 Å². The van der Waals surface area contributed by atoms with Gasteiger partial charge in [-0.15, -0.1) is 24.0 Å². The largest absolute Gasteiger partial charge is 0.385 e. The van der Waals surface area contributed by atoms with E-state index in [9.17, 15) is 12.8 Å². The van der Waals surface area contributed by atoms with Crippen LogP contribution >= 0.6 is 24.0 Å². The zero-order valence-electron chi connectivity index (χ0n) is 13.9. The van der Waals surface area contributed by atoms with Gasteiger partial charge in [-0.2, -0.15) is 0 Å². The van der Waals surface area contributed by atoms with Crippen LogP contribution in [0.1, 0.15) is 13.3 Å². The second kappa shape index (κ2) is 12.4. The quantitative estimate of drug-likeness (QED) is 0.248. The smallest absolute Gasteiger partial charge is 0.191 e. The summed E-state index contributed by atoms with van der Waals surface area (Å²) in [6, 6.07) is 5.38. The Balaban J connectivity index is 0.00000529. The highest BCUT2D eigenvalue weighted by atomic mass is 127. The fraction of sp³-hybridized carbons (Fsp3) is 0.533. The summed E-state index contributed by atoms with van der Waals surface area (Å²) in [6.45, 7) is 3.92. The molecule has 0 saturated carbocycles. The Morgan fingerprint density at radius 1 is 1.29 bits per heavy atom. The number of nitrogens with one attached hydrogen (secondary N) is 2. The lowest BCUT2D eigenvalue weighted by Crippen LogP contribution is -2.39. The van der Waals surface area contributed by atoms with Crippen molar-refractivity contribution in [3.8, 4) is 0 Å². The van der Waals surface area contributed by atoms with Crippen LogP contribution in [0.2, 0.25) is 0 Å². The molecule has 0 heterocycles. The fourth-order valence-electron chi connectivity index (χ4n) is 1.85. The van der Waals surface area contributed by atoms with E-state index in [1.165, 1.54) is 18.2 Å². The molecule has 1 aromatic carbocycles. The van der Waals surface area contributed by atoms with E-state index in [4.69, 9.17) is 4.74 Å². The average Bonchev–Trinajstić information content (AvgIpc) is 2.51. The summed E-state index contributed by atoms with van der Waals surface area (Å²) in [5.74, 6) is -0.406. The normalized spacial score (nSPS) is 11.7. The van der Waals surface area contributed by atoms with Gasteiger partial charge in [-0.3, -0.25) is 4.99 Å². The lowest BCUT2D eigenvalue weighted by atomic mass is 10.3. The maximum atomic E-state index is 13.6. The molecule has 0 fully saturated rings. The van der Waals surface area contributed by atoms with Crippen LogP contribution in [-0.4, -0.2) is 53.5 Å². The van der Waals surface area contributed by atoms with Gasteiger partial charge < -0.3 is 15.4 Å². The van der Waals surface area contributed by atoms with E-state index in [2.05, 4.69) is 15.6 Å². The lowest BCUT2D eigenvalue weighted by molar-refractivity contribution is 0.197. The summed E-state index contributed by atoms with van der Waals surface area (Å²) >= 11 is 0. The van der Waals surface area contributed by atoms with Gasteiger partial charge in [0.1, 0.15) is 10.7 Å². The Morgan fingerprint density at radius 3 is 2.62 bits per heavy atom. The predicted octanol–water partition coefficient (Wildman–Crippen LogP) is 1.81. The molecule has 9 heteroatoms. The molecule has 0 atom stereocenters. The monoisotopic (exact) mass is 473 g/mol. The summed E-state index contributed by atoms with van der Waals surface area (Å²) in [5.41, 5.74) is 0. The van der Waals surface area contributed by atoms with Gasteiger partial charge in [0.05, 0.1) is 5.75 Å². The van der Waals surface area contributed by atoms with Gasteiger partial charge in [-0.05, 0) is 25.5 Å². The Morgan fingerprint density at radius 2 is 2.00 bits per heavy atom. The van der Waals surface area contributed by atoms with Crippen LogP contribution in [0.15, 0.2) is 34.2 Å². The van der Waals surface area contributed by atoms with Crippen molar-refractivity contribution in [3.05, 3.63) is 30.1 Å². The Labute approximate surface area is 160 Å². The molecule has 0 spiro atoms. The topological polar surface area (TPSA) is 79.8 Å². The number of benzene rings is 1. The molecule has 0 aliphatic rings. The number of hydrogen-bond donors (Lipinski definition) is 2. The molecular formula is C15H25FIN3O3S. The molecule has 1 aromatic rings. The Bertz CT molecular complexity index is 612. The van der Waals surface area contributed by atoms with Crippen molar-refractivity contribution >= 4 is 39.8 Å². The minimum atomic E-state index is -3.67. The number of methoxy groups -OCH3 is 1. The van der Waals surface area contributed by atoms with Crippen LogP contribution in [0.3, 0.4) is 0 Å². The highest BCUT2D eigenvalue weighted by molar-refractivity contribution is 14.0. The zero-order chi connectivity index (χ0) is 17.1. The molecule has 2 N–H and O–H groups in total. The molecule has 0 aromatic heterocycles. The van der Waals surface area contributed by atoms with Gasteiger partial charge in [0.25, 0.3) is 0 Å². The van der Waals surface area contributed by atoms with Crippen molar-refractivity contribution in [2.75, 3.05) is 39.1 Å². The van der Waals surface area contributed by atoms with E-state index < -0.39 is 15.7 Å². The second-order valence-corrected chi connectivity index (χ2v) is 6.86. The molecule has 1 rings (SSSR count). The van der Waals surface area contributed by atoms with Gasteiger partial charge in [-0.25, -0.2) is 12.8 Å². The van der Waals surface area contributed by atoms with Gasteiger partial charge in [0, 0.05) is 33.4 Å². The first-order valence-corrected chi connectivity index (χ1v) is 9.15. The SMILES string of the molecule is CCNC(=NCCCOC)NCCS(=O)(=O)c1ccccc1F.I. The summed E-state index contributed by atoms with van der Waals surface area (Å²) < 4.78 is 42.8. The Kier molecular flexibility index (Phi) is 11.9. The fourth-order valence-corrected chi connectivity index (χ4v) is 3.09. The predicted molar refractivity (Wildman–Crippen MR) is 104 cm³/mol. The maximum absolute atomic E-state index is 13.6. The number of aliphatic imine (C=N–C) groups is 1. The summed E-state index contributed by atoms with van der Waals surface area (Å²) in [4.78, 5) is 4.03. The van der Waals surface area contributed by atoms with E-state index in [-0.39, 0.29) is 41.2 Å². The number of halogens is 2. The van der Waals surface area contributed by atoms with E-state index in [1.54, 1.807) is 7.11 Å². The molecule has 0 unspecified atom stereocenters. The van der Waals surface area contributed by atoms with Gasteiger partial charge in [0.2, 0.25) is 0 Å². The van der Waals surface area contributed by atoms with Gasteiger partial charge in [0.15, 0.2) is 15.8 Å². The van der Waals surface area contributed by atoms with Crippen LogP contribution in [0.5, 0.6) is 0 Å². The standard InChI is InChI=1S/C15H24FN3O3S.HI/c1-3-17-15(18-9-6-11-22-2)19-10-12-23(20,21)14-8-5-4-7-13(14)16;/h4-5,7-8H,3,6,9-12H2,1-2H3,(H2,17,18,19);1H. The van der Waals surface area contributed by atoms with E-state index in [0.29, 0.717) is 25.7 Å². The van der Waals surface area contributed by atoms with E-state index >= 15 is 0 Å². The summed E-state index contributed by atoms with van der Waals surface area (Å²) in [6.07, 6.45) is 0.778. The third-order valence-electron chi connectivity index (χ3n) is 2.96. The van der Waals surface area contributed by atoms with Crippen molar-refractivity contribution in [2.24, 2.45) is 4.99 Å².